The van der Waals surface area contributed by atoms with E-state index >= 15 is 0 Å². The smallest absolute Gasteiger partial charge is 0.260 e. The third-order valence-corrected chi connectivity index (χ3v) is 3.37. The van der Waals surface area contributed by atoms with Crippen LogP contribution in [-0.4, -0.2) is 35.5 Å². The Bertz CT molecular complexity index is 503. The molecule has 5 heteroatoms. The zero-order chi connectivity index (χ0) is 15.8. The van der Waals surface area contributed by atoms with Gasteiger partial charge in [-0.15, -0.1) is 0 Å². The maximum absolute atomic E-state index is 12.2. The van der Waals surface area contributed by atoms with E-state index in [1.165, 1.54) is 0 Å². The molecular formula is C16H24N2O2S. The first-order valence-corrected chi connectivity index (χ1v) is 7.61. The minimum absolute atomic E-state index is 0.0333. The molecule has 116 valence electrons. The Labute approximate surface area is 132 Å². The van der Waals surface area contributed by atoms with Gasteiger partial charge in [0.1, 0.15) is 5.75 Å². The normalized spacial score (nSPS) is 10.2. The Hall–Kier alpha value is -1.62. The monoisotopic (exact) mass is 308 g/mol. The molecule has 0 aliphatic heterocycles. The maximum Gasteiger partial charge on any atom is 0.260 e. The van der Waals surface area contributed by atoms with Gasteiger partial charge in [0.2, 0.25) is 0 Å². The predicted molar refractivity (Wildman–Crippen MR) is 89.7 cm³/mol. The second-order valence-corrected chi connectivity index (χ2v) is 5.68. The summed E-state index contributed by atoms with van der Waals surface area (Å²) in [5, 5.41) is 0. The molecule has 0 saturated heterocycles. The summed E-state index contributed by atoms with van der Waals surface area (Å²) in [5.74, 6) is 0.725. The highest BCUT2D eigenvalue weighted by atomic mass is 32.1. The Kier molecular flexibility index (Phi) is 7.15. The van der Waals surface area contributed by atoms with Gasteiger partial charge in [-0.25, -0.2) is 0 Å². The second-order valence-electron chi connectivity index (χ2n) is 5.15. The van der Waals surface area contributed by atoms with Crippen molar-refractivity contribution in [1.82, 2.24) is 4.90 Å². The summed E-state index contributed by atoms with van der Waals surface area (Å²) in [6, 6.07) is 5.96. The maximum atomic E-state index is 12.2. The zero-order valence-electron chi connectivity index (χ0n) is 13.0. The van der Waals surface area contributed by atoms with Gasteiger partial charge >= 0.3 is 0 Å². The molecule has 0 aromatic heterocycles. The van der Waals surface area contributed by atoms with Crippen molar-refractivity contribution in [3.05, 3.63) is 29.3 Å². The van der Waals surface area contributed by atoms with Crippen molar-refractivity contribution in [3.63, 3.8) is 0 Å². The van der Waals surface area contributed by atoms with E-state index in [4.69, 9.17) is 22.7 Å². The van der Waals surface area contributed by atoms with Crippen molar-refractivity contribution in [2.24, 2.45) is 5.73 Å². The number of nitrogens with two attached hydrogens (primary N) is 1. The number of ether oxygens (including phenoxy) is 1. The average molecular weight is 308 g/mol. The van der Waals surface area contributed by atoms with E-state index in [2.05, 4.69) is 0 Å². The Morgan fingerprint density at radius 3 is 2.67 bits per heavy atom. The van der Waals surface area contributed by atoms with Crippen LogP contribution in [0.25, 0.3) is 0 Å². The lowest BCUT2D eigenvalue weighted by Gasteiger charge is -2.22. The summed E-state index contributed by atoms with van der Waals surface area (Å²) >= 11 is 4.87. The number of carbonyl (C=O) groups excluding carboxylic acids is 1. The van der Waals surface area contributed by atoms with E-state index in [0.717, 1.165) is 23.3 Å². The summed E-state index contributed by atoms with van der Waals surface area (Å²) < 4.78 is 5.66. The lowest BCUT2D eigenvalue weighted by molar-refractivity contribution is -0.133. The molecule has 0 saturated carbocycles. The van der Waals surface area contributed by atoms with Crippen molar-refractivity contribution in [3.8, 4) is 5.75 Å². The fourth-order valence-corrected chi connectivity index (χ4v) is 2.06. The van der Waals surface area contributed by atoms with E-state index in [0.29, 0.717) is 24.5 Å². The molecule has 0 heterocycles. The SMILES string of the molecule is CCCN(CCC(N)=S)C(=O)COc1cc(C)ccc1C. The molecule has 0 aliphatic carbocycles. The van der Waals surface area contributed by atoms with Crippen LogP contribution in [0.4, 0.5) is 0 Å². The first-order valence-electron chi connectivity index (χ1n) is 7.20. The summed E-state index contributed by atoms with van der Waals surface area (Å²) in [7, 11) is 0. The minimum atomic E-state index is -0.0333. The van der Waals surface area contributed by atoms with Crippen LogP contribution in [0.15, 0.2) is 18.2 Å². The zero-order valence-corrected chi connectivity index (χ0v) is 13.8. The molecule has 4 nitrogen and oxygen atoms in total. The number of rotatable bonds is 8. The third kappa shape index (κ3) is 6.12. The quantitative estimate of drug-likeness (QED) is 0.750. The summed E-state index contributed by atoms with van der Waals surface area (Å²) in [4.78, 5) is 14.4. The van der Waals surface area contributed by atoms with Gasteiger partial charge in [0.05, 0.1) is 4.99 Å². The van der Waals surface area contributed by atoms with Gasteiger partial charge < -0.3 is 15.4 Å². The molecule has 21 heavy (non-hydrogen) atoms. The van der Waals surface area contributed by atoms with Crippen molar-refractivity contribution in [1.29, 1.82) is 0 Å². The van der Waals surface area contributed by atoms with Crippen LogP contribution < -0.4 is 10.5 Å². The van der Waals surface area contributed by atoms with Gasteiger partial charge in [0.25, 0.3) is 5.91 Å². The van der Waals surface area contributed by atoms with Gasteiger partial charge in [-0.2, -0.15) is 0 Å². The van der Waals surface area contributed by atoms with Crippen LogP contribution in [0.5, 0.6) is 5.75 Å². The highest BCUT2D eigenvalue weighted by molar-refractivity contribution is 7.80. The number of benzene rings is 1. The molecule has 0 unspecified atom stereocenters. The molecular weight excluding hydrogens is 284 g/mol. The van der Waals surface area contributed by atoms with E-state index in [1.807, 2.05) is 39.0 Å². The van der Waals surface area contributed by atoms with Crippen LogP contribution in [0.3, 0.4) is 0 Å². The van der Waals surface area contributed by atoms with Crippen LogP contribution >= 0.6 is 12.2 Å². The van der Waals surface area contributed by atoms with Gasteiger partial charge in [0.15, 0.2) is 6.61 Å². The molecule has 1 amide bonds. The number of hydrogen-bond donors (Lipinski definition) is 1. The van der Waals surface area contributed by atoms with E-state index in [-0.39, 0.29) is 12.5 Å². The highest BCUT2D eigenvalue weighted by Crippen LogP contribution is 2.19. The molecule has 0 bridgehead atoms. The molecule has 1 rings (SSSR count). The molecule has 1 aromatic carbocycles. The average Bonchev–Trinajstić information content (AvgIpc) is 2.43. The summed E-state index contributed by atoms with van der Waals surface area (Å²) in [5.41, 5.74) is 7.64. The molecule has 0 fully saturated rings. The van der Waals surface area contributed by atoms with E-state index in [9.17, 15) is 4.79 Å². The van der Waals surface area contributed by atoms with Gasteiger partial charge in [0, 0.05) is 19.5 Å². The Morgan fingerprint density at radius 1 is 1.33 bits per heavy atom. The minimum Gasteiger partial charge on any atom is -0.483 e. The molecule has 0 atom stereocenters. The summed E-state index contributed by atoms with van der Waals surface area (Å²) in [6.07, 6.45) is 1.44. The largest absolute Gasteiger partial charge is 0.483 e. The number of amides is 1. The number of carbonyl (C=O) groups is 1. The third-order valence-electron chi connectivity index (χ3n) is 3.17. The lowest BCUT2D eigenvalue weighted by Crippen LogP contribution is -2.37. The van der Waals surface area contributed by atoms with Gasteiger partial charge in [-0.1, -0.05) is 31.3 Å². The molecule has 0 aliphatic rings. The van der Waals surface area contributed by atoms with Crippen molar-refractivity contribution >= 4 is 23.1 Å². The van der Waals surface area contributed by atoms with Gasteiger partial charge in [-0.05, 0) is 37.5 Å². The lowest BCUT2D eigenvalue weighted by atomic mass is 10.1. The first kappa shape index (κ1) is 17.4. The molecule has 0 spiro atoms. The van der Waals surface area contributed by atoms with Crippen LogP contribution in [0.1, 0.15) is 30.9 Å². The molecule has 0 radical (unpaired) electrons. The Morgan fingerprint density at radius 2 is 2.05 bits per heavy atom. The molecule has 1 aromatic rings. The van der Waals surface area contributed by atoms with Crippen LogP contribution in [0.2, 0.25) is 0 Å². The van der Waals surface area contributed by atoms with E-state index < -0.39 is 0 Å². The number of nitrogens with zero attached hydrogens (tertiary/aromatic N) is 1. The number of thiocarbonyl (C=S) groups is 1. The summed E-state index contributed by atoms with van der Waals surface area (Å²) in [6.45, 7) is 7.29. The van der Waals surface area contributed by atoms with Crippen molar-refractivity contribution < 1.29 is 9.53 Å². The predicted octanol–water partition coefficient (Wildman–Crippen LogP) is 2.60. The highest BCUT2D eigenvalue weighted by Gasteiger charge is 2.14. The molecule has 2 N–H and O–H groups in total. The fourth-order valence-electron chi connectivity index (χ4n) is 1.97. The van der Waals surface area contributed by atoms with Crippen molar-refractivity contribution in [2.45, 2.75) is 33.6 Å². The van der Waals surface area contributed by atoms with E-state index in [1.54, 1.807) is 4.90 Å². The van der Waals surface area contributed by atoms with Crippen LogP contribution in [-0.2, 0) is 4.79 Å². The second kappa shape index (κ2) is 8.62. The number of hydrogen-bond acceptors (Lipinski definition) is 3. The van der Waals surface area contributed by atoms with Crippen molar-refractivity contribution in [2.75, 3.05) is 19.7 Å². The first-order chi connectivity index (χ1) is 9.93. The van der Waals surface area contributed by atoms with Crippen LogP contribution in [0, 0.1) is 13.8 Å². The van der Waals surface area contributed by atoms with Gasteiger partial charge in [-0.3, -0.25) is 4.79 Å². The standard InChI is InChI=1S/C16H24N2O2S/c1-4-8-18(9-7-15(17)21)16(19)11-20-14-10-12(2)5-6-13(14)3/h5-6,10H,4,7-9,11H2,1-3H3,(H2,17,21). The Balaban J connectivity index is 2.60. The topological polar surface area (TPSA) is 55.6 Å². The fraction of sp³-hybridized carbons (Fsp3) is 0.500. The number of aryl methyl sites for hydroxylation is 2.